The lowest BCUT2D eigenvalue weighted by Crippen LogP contribution is -2.50. The molecular weight excluding hydrogens is 412 g/mol. The van der Waals surface area contributed by atoms with E-state index >= 15 is 0 Å². The first-order valence-electron chi connectivity index (χ1n) is 9.51. The summed E-state index contributed by atoms with van der Waals surface area (Å²) in [7, 11) is -3.97. The number of rotatable bonds is 3. The molecule has 0 atom stereocenters. The molecule has 0 saturated carbocycles. The molecule has 9 heteroatoms. The number of aromatic nitrogens is 1. The Hall–Kier alpha value is -2.78. The van der Waals surface area contributed by atoms with E-state index in [1.165, 1.54) is 4.31 Å². The fraction of sp³-hybridized carbons (Fsp3) is 0.286. The number of fused-ring (bicyclic) bond motifs is 1. The van der Waals surface area contributed by atoms with Gasteiger partial charge in [0, 0.05) is 37.1 Å². The van der Waals surface area contributed by atoms with Crippen LogP contribution in [-0.4, -0.2) is 54.7 Å². The molecule has 1 aliphatic rings. The number of nitrogens with one attached hydrogen (secondary N) is 1. The monoisotopic (exact) mass is 433 g/mol. The molecule has 30 heavy (non-hydrogen) atoms. The number of aromatic amines is 1. The first-order chi connectivity index (χ1) is 14.2. The molecule has 0 spiro atoms. The van der Waals surface area contributed by atoms with Gasteiger partial charge in [0.15, 0.2) is 11.6 Å². The van der Waals surface area contributed by atoms with Crippen molar-refractivity contribution in [1.29, 1.82) is 0 Å². The summed E-state index contributed by atoms with van der Waals surface area (Å²) in [6.07, 6.45) is 0. The Bertz CT molecular complexity index is 1250. The molecule has 2 aromatic carbocycles. The second-order valence-electron chi connectivity index (χ2n) is 7.50. The van der Waals surface area contributed by atoms with E-state index in [1.54, 1.807) is 4.90 Å². The summed E-state index contributed by atoms with van der Waals surface area (Å²) in [6, 6.07) is 8.35. The zero-order valence-electron chi connectivity index (χ0n) is 16.6. The zero-order chi connectivity index (χ0) is 21.6. The molecule has 4 rings (SSSR count). The average molecular weight is 433 g/mol. The zero-order valence-corrected chi connectivity index (χ0v) is 17.4. The molecule has 6 nitrogen and oxygen atoms in total. The lowest BCUT2D eigenvalue weighted by Gasteiger charge is -2.33. The van der Waals surface area contributed by atoms with Gasteiger partial charge in [0.05, 0.1) is 4.90 Å². The van der Waals surface area contributed by atoms with E-state index in [1.807, 2.05) is 32.0 Å². The van der Waals surface area contributed by atoms with Crippen LogP contribution in [0.15, 0.2) is 41.3 Å². The highest BCUT2D eigenvalue weighted by atomic mass is 32.2. The van der Waals surface area contributed by atoms with Crippen molar-refractivity contribution >= 4 is 26.8 Å². The first kappa shape index (κ1) is 20.5. The van der Waals surface area contributed by atoms with Gasteiger partial charge < -0.3 is 9.88 Å². The normalized spacial score (nSPS) is 15.7. The second kappa shape index (κ2) is 7.48. The van der Waals surface area contributed by atoms with Gasteiger partial charge in [-0.25, -0.2) is 17.2 Å². The van der Waals surface area contributed by atoms with E-state index in [2.05, 4.69) is 4.98 Å². The van der Waals surface area contributed by atoms with Crippen LogP contribution in [0.25, 0.3) is 10.9 Å². The van der Waals surface area contributed by atoms with Gasteiger partial charge in [-0.15, -0.1) is 0 Å². The maximum absolute atomic E-state index is 13.5. The Balaban J connectivity index is 1.49. The van der Waals surface area contributed by atoms with E-state index in [9.17, 15) is 22.0 Å². The van der Waals surface area contributed by atoms with Gasteiger partial charge in [-0.05, 0) is 55.3 Å². The topological polar surface area (TPSA) is 73.5 Å². The van der Waals surface area contributed by atoms with Crippen LogP contribution in [-0.2, 0) is 10.0 Å². The molecule has 1 saturated heterocycles. The van der Waals surface area contributed by atoms with Crippen LogP contribution >= 0.6 is 0 Å². The molecule has 0 unspecified atom stereocenters. The fourth-order valence-corrected chi connectivity index (χ4v) is 5.24. The number of halogens is 2. The summed E-state index contributed by atoms with van der Waals surface area (Å²) in [5.74, 6) is -2.52. The number of carbonyl (C=O) groups excluding carboxylic acids is 1. The minimum Gasteiger partial charge on any atom is -0.351 e. The van der Waals surface area contributed by atoms with Crippen molar-refractivity contribution < 1.29 is 22.0 Å². The standard InChI is InChI=1S/C21H21F2N3O3S/c1-13-9-14(2)16-12-20(24-19(16)10-13)21(27)25-5-7-26(8-6-25)30(28,29)15-3-4-17(22)18(23)11-15/h3-4,9-12,24H,5-8H2,1-2H3. The number of amides is 1. The van der Waals surface area contributed by atoms with Gasteiger partial charge in [0.1, 0.15) is 5.69 Å². The molecule has 1 aliphatic heterocycles. The number of hydrogen-bond acceptors (Lipinski definition) is 3. The molecule has 3 aromatic rings. The van der Waals surface area contributed by atoms with Gasteiger partial charge in [-0.3, -0.25) is 4.79 Å². The lowest BCUT2D eigenvalue weighted by molar-refractivity contribution is 0.0693. The third-order valence-corrected chi connectivity index (χ3v) is 7.27. The summed E-state index contributed by atoms with van der Waals surface area (Å²) < 4.78 is 53.2. The van der Waals surface area contributed by atoms with E-state index < -0.39 is 21.7 Å². The number of benzene rings is 2. The van der Waals surface area contributed by atoms with Crippen molar-refractivity contribution in [3.05, 3.63) is 64.9 Å². The van der Waals surface area contributed by atoms with E-state index in [0.29, 0.717) is 11.8 Å². The number of sulfonamides is 1. The summed E-state index contributed by atoms with van der Waals surface area (Å²) in [4.78, 5) is 17.3. The highest BCUT2D eigenvalue weighted by Crippen LogP contribution is 2.24. The SMILES string of the molecule is Cc1cc(C)c2cc(C(=O)N3CCN(S(=O)(=O)c4ccc(F)c(F)c4)CC3)[nH]c2c1. The van der Waals surface area contributed by atoms with Crippen molar-refractivity contribution in [2.24, 2.45) is 0 Å². The quantitative estimate of drug-likeness (QED) is 0.689. The molecule has 2 heterocycles. The van der Waals surface area contributed by atoms with Crippen LogP contribution in [0, 0.1) is 25.5 Å². The number of hydrogen-bond donors (Lipinski definition) is 1. The van der Waals surface area contributed by atoms with Crippen LogP contribution in [0.1, 0.15) is 21.6 Å². The molecule has 1 fully saturated rings. The maximum atomic E-state index is 13.5. The number of carbonyl (C=O) groups is 1. The largest absolute Gasteiger partial charge is 0.351 e. The molecule has 0 radical (unpaired) electrons. The fourth-order valence-electron chi connectivity index (χ4n) is 3.80. The number of nitrogens with zero attached hydrogens (tertiary/aromatic N) is 2. The third kappa shape index (κ3) is 3.59. The van der Waals surface area contributed by atoms with Crippen molar-refractivity contribution in [1.82, 2.24) is 14.2 Å². The third-order valence-electron chi connectivity index (χ3n) is 5.37. The van der Waals surface area contributed by atoms with Gasteiger partial charge in [-0.1, -0.05) is 6.07 Å². The molecule has 0 aliphatic carbocycles. The number of H-pyrrole nitrogens is 1. The predicted octanol–water partition coefficient (Wildman–Crippen LogP) is 3.21. The number of piperazine rings is 1. The van der Waals surface area contributed by atoms with Crippen LogP contribution in [0.2, 0.25) is 0 Å². The van der Waals surface area contributed by atoms with Gasteiger partial charge in [0.2, 0.25) is 10.0 Å². The maximum Gasteiger partial charge on any atom is 0.270 e. The van der Waals surface area contributed by atoms with Gasteiger partial charge >= 0.3 is 0 Å². The molecule has 158 valence electrons. The summed E-state index contributed by atoms with van der Waals surface area (Å²) in [6.45, 7) is 4.53. The minimum atomic E-state index is -3.97. The van der Waals surface area contributed by atoms with Crippen LogP contribution in [0.5, 0.6) is 0 Å². The summed E-state index contributed by atoms with van der Waals surface area (Å²) in [5.41, 5.74) is 3.51. The molecule has 1 aromatic heterocycles. The molecular formula is C21H21F2N3O3S. The van der Waals surface area contributed by atoms with E-state index in [4.69, 9.17) is 0 Å². The van der Waals surface area contributed by atoms with Crippen LogP contribution in [0.3, 0.4) is 0 Å². The first-order valence-corrected chi connectivity index (χ1v) is 11.0. The predicted molar refractivity (Wildman–Crippen MR) is 109 cm³/mol. The highest BCUT2D eigenvalue weighted by Gasteiger charge is 2.31. The Morgan fingerprint density at radius 1 is 0.967 bits per heavy atom. The summed E-state index contributed by atoms with van der Waals surface area (Å²) in [5, 5.41) is 0.975. The van der Waals surface area contributed by atoms with Crippen molar-refractivity contribution in [3.63, 3.8) is 0 Å². The Kier molecular flexibility index (Phi) is 5.11. The van der Waals surface area contributed by atoms with Gasteiger partial charge in [0.25, 0.3) is 5.91 Å². The average Bonchev–Trinajstić information content (AvgIpc) is 3.14. The van der Waals surface area contributed by atoms with Gasteiger partial charge in [-0.2, -0.15) is 4.31 Å². The van der Waals surface area contributed by atoms with E-state index in [0.717, 1.165) is 34.2 Å². The minimum absolute atomic E-state index is 0.0748. The molecule has 1 amide bonds. The Morgan fingerprint density at radius 3 is 2.33 bits per heavy atom. The molecule has 0 bridgehead atoms. The molecule has 1 N–H and O–H groups in total. The van der Waals surface area contributed by atoms with Crippen molar-refractivity contribution in [2.75, 3.05) is 26.2 Å². The Labute approximate surface area is 173 Å². The Morgan fingerprint density at radius 2 is 1.67 bits per heavy atom. The van der Waals surface area contributed by atoms with Crippen LogP contribution in [0.4, 0.5) is 8.78 Å². The lowest BCUT2D eigenvalue weighted by atomic mass is 10.1. The highest BCUT2D eigenvalue weighted by molar-refractivity contribution is 7.89. The summed E-state index contributed by atoms with van der Waals surface area (Å²) >= 11 is 0. The number of aryl methyl sites for hydroxylation is 2. The van der Waals surface area contributed by atoms with Crippen molar-refractivity contribution in [3.8, 4) is 0 Å². The second-order valence-corrected chi connectivity index (χ2v) is 9.44. The van der Waals surface area contributed by atoms with Crippen molar-refractivity contribution in [2.45, 2.75) is 18.7 Å². The van der Waals surface area contributed by atoms with E-state index in [-0.39, 0.29) is 37.0 Å². The smallest absolute Gasteiger partial charge is 0.270 e. The van der Waals surface area contributed by atoms with Crippen LogP contribution < -0.4 is 0 Å².